The van der Waals surface area contributed by atoms with Crippen LogP contribution in [0.25, 0.3) is 0 Å². The Morgan fingerprint density at radius 1 is 1.21 bits per heavy atom. The number of benzene rings is 1. The van der Waals surface area contributed by atoms with Crippen LogP contribution in [0, 0.1) is 0 Å². The first-order valence-corrected chi connectivity index (χ1v) is 6.97. The van der Waals surface area contributed by atoms with Crippen LogP contribution in [-0.4, -0.2) is 31.1 Å². The quantitative estimate of drug-likeness (QED) is 0.691. The minimum atomic E-state index is -2.39. The first-order valence-electron chi connectivity index (χ1n) is 6.97. The molecule has 0 spiro atoms. The fraction of sp³-hybridized carbons (Fsp3) is 0.600. The van der Waals surface area contributed by atoms with Crippen LogP contribution in [0.15, 0.2) is 24.3 Å². The summed E-state index contributed by atoms with van der Waals surface area (Å²) in [4.78, 5) is 2.37. The summed E-state index contributed by atoms with van der Waals surface area (Å²) >= 11 is 0. The van der Waals surface area contributed by atoms with E-state index >= 15 is 0 Å². The van der Waals surface area contributed by atoms with Crippen molar-refractivity contribution in [1.29, 1.82) is 0 Å². The number of rotatable bonds is 9. The first-order chi connectivity index (χ1) is 9.17. The van der Waals surface area contributed by atoms with Gasteiger partial charge in [0.25, 0.3) is 6.43 Å². The van der Waals surface area contributed by atoms with E-state index in [0.717, 1.165) is 38.2 Å². The van der Waals surface area contributed by atoms with E-state index in [1.165, 1.54) is 6.07 Å². The highest BCUT2D eigenvalue weighted by molar-refractivity contribution is 5.24. The zero-order valence-electron chi connectivity index (χ0n) is 11.8. The lowest BCUT2D eigenvalue weighted by Gasteiger charge is -2.17. The monoisotopic (exact) mass is 270 g/mol. The molecule has 0 saturated carbocycles. The van der Waals surface area contributed by atoms with Gasteiger partial charge < -0.3 is 10.2 Å². The highest BCUT2D eigenvalue weighted by Gasteiger charge is 2.06. The molecule has 0 bridgehead atoms. The van der Waals surface area contributed by atoms with Gasteiger partial charge in [0.15, 0.2) is 0 Å². The van der Waals surface area contributed by atoms with Crippen molar-refractivity contribution in [1.82, 2.24) is 10.2 Å². The van der Waals surface area contributed by atoms with Gasteiger partial charge in [0.1, 0.15) is 0 Å². The average Bonchev–Trinajstić information content (AvgIpc) is 2.43. The zero-order chi connectivity index (χ0) is 14.1. The van der Waals surface area contributed by atoms with Crippen LogP contribution in [0.3, 0.4) is 0 Å². The summed E-state index contributed by atoms with van der Waals surface area (Å²) in [6.07, 6.45) is -1.31. The van der Waals surface area contributed by atoms with Crippen molar-refractivity contribution in [2.75, 3.05) is 26.2 Å². The van der Waals surface area contributed by atoms with Gasteiger partial charge in [-0.1, -0.05) is 32.0 Å². The van der Waals surface area contributed by atoms with E-state index in [2.05, 4.69) is 24.1 Å². The minimum Gasteiger partial charge on any atom is -0.313 e. The number of nitrogens with one attached hydrogen (secondary N) is 1. The van der Waals surface area contributed by atoms with Gasteiger partial charge in [-0.05, 0) is 44.2 Å². The molecule has 0 aliphatic heterocycles. The second-order valence-electron chi connectivity index (χ2n) is 4.60. The van der Waals surface area contributed by atoms with Gasteiger partial charge in [-0.25, -0.2) is 8.78 Å². The molecule has 0 heterocycles. The summed E-state index contributed by atoms with van der Waals surface area (Å²) in [5, 5.41) is 3.30. The summed E-state index contributed by atoms with van der Waals surface area (Å²) in [5.41, 5.74) is 1.02. The fourth-order valence-corrected chi connectivity index (χ4v) is 2.04. The Morgan fingerprint density at radius 3 is 2.58 bits per heavy atom. The van der Waals surface area contributed by atoms with E-state index in [1.807, 2.05) is 6.07 Å². The summed E-state index contributed by atoms with van der Waals surface area (Å²) in [7, 11) is 0. The number of nitrogens with zero attached hydrogens (tertiary/aromatic N) is 1. The standard InChI is InChI=1S/C15H24F2N2/c1-3-19(4-2)10-6-9-18-12-13-7-5-8-14(11-13)15(16)17/h5,7-8,11,15,18H,3-4,6,9-10,12H2,1-2H3. The maximum atomic E-state index is 12.5. The third kappa shape index (κ3) is 6.12. The van der Waals surface area contributed by atoms with Crippen molar-refractivity contribution in [2.24, 2.45) is 0 Å². The molecule has 2 nitrogen and oxygen atoms in total. The Hall–Kier alpha value is -1.00. The van der Waals surface area contributed by atoms with E-state index in [-0.39, 0.29) is 5.56 Å². The molecule has 19 heavy (non-hydrogen) atoms. The predicted molar refractivity (Wildman–Crippen MR) is 75.5 cm³/mol. The largest absolute Gasteiger partial charge is 0.313 e. The second kappa shape index (κ2) is 8.99. The zero-order valence-corrected chi connectivity index (χ0v) is 11.8. The number of alkyl halides is 2. The van der Waals surface area contributed by atoms with E-state index < -0.39 is 6.43 Å². The summed E-state index contributed by atoms with van der Waals surface area (Å²) in [6, 6.07) is 6.61. The molecule has 1 rings (SSSR count). The van der Waals surface area contributed by atoms with E-state index in [1.54, 1.807) is 12.1 Å². The Balaban J connectivity index is 2.24. The van der Waals surface area contributed by atoms with Crippen molar-refractivity contribution in [2.45, 2.75) is 33.2 Å². The van der Waals surface area contributed by atoms with Crippen LogP contribution in [0.4, 0.5) is 8.78 Å². The smallest absolute Gasteiger partial charge is 0.263 e. The van der Waals surface area contributed by atoms with Gasteiger partial charge in [0.05, 0.1) is 0 Å². The SMILES string of the molecule is CCN(CC)CCCNCc1cccc(C(F)F)c1. The van der Waals surface area contributed by atoms with Crippen molar-refractivity contribution >= 4 is 0 Å². The van der Waals surface area contributed by atoms with E-state index in [0.29, 0.717) is 6.54 Å². The maximum absolute atomic E-state index is 12.5. The van der Waals surface area contributed by atoms with Gasteiger partial charge in [-0.3, -0.25) is 0 Å². The first kappa shape index (κ1) is 16.1. The third-order valence-electron chi connectivity index (χ3n) is 3.25. The second-order valence-corrected chi connectivity index (χ2v) is 4.60. The Bertz CT molecular complexity index is 352. The van der Waals surface area contributed by atoms with Gasteiger partial charge >= 0.3 is 0 Å². The summed E-state index contributed by atoms with van der Waals surface area (Å²) < 4.78 is 25.1. The van der Waals surface area contributed by atoms with Crippen molar-refractivity contribution in [3.8, 4) is 0 Å². The minimum absolute atomic E-state index is 0.0995. The van der Waals surface area contributed by atoms with Gasteiger partial charge in [-0.2, -0.15) is 0 Å². The molecule has 1 N–H and O–H groups in total. The molecule has 0 amide bonds. The number of hydrogen-bond donors (Lipinski definition) is 1. The summed E-state index contributed by atoms with van der Waals surface area (Å²) in [5.74, 6) is 0. The van der Waals surface area contributed by atoms with Crippen LogP contribution in [0.1, 0.15) is 37.8 Å². The molecule has 0 aliphatic carbocycles. The molecule has 1 aromatic carbocycles. The van der Waals surface area contributed by atoms with E-state index in [9.17, 15) is 8.78 Å². The molecule has 0 fully saturated rings. The van der Waals surface area contributed by atoms with Crippen LogP contribution in [0.2, 0.25) is 0 Å². The molecule has 0 radical (unpaired) electrons. The Labute approximate surface area is 114 Å². The van der Waals surface area contributed by atoms with Crippen LogP contribution in [-0.2, 0) is 6.54 Å². The normalized spacial score (nSPS) is 11.5. The lowest BCUT2D eigenvalue weighted by atomic mass is 10.1. The van der Waals surface area contributed by atoms with Gasteiger partial charge in [0.2, 0.25) is 0 Å². The molecule has 0 aliphatic rings. The van der Waals surface area contributed by atoms with Crippen LogP contribution >= 0.6 is 0 Å². The van der Waals surface area contributed by atoms with Gasteiger partial charge in [0, 0.05) is 12.1 Å². The molecule has 108 valence electrons. The highest BCUT2D eigenvalue weighted by atomic mass is 19.3. The number of halogens is 2. The summed E-state index contributed by atoms with van der Waals surface area (Å²) in [6.45, 7) is 9.12. The van der Waals surface area contributed by atoms with Crippen LogP contribution < -0.4 is 5.32 Å². The molecular formula is C15H24F2N2. The maximum Gasteiger partial charge on any atom is 0.263 e. The van der Waals surface area contributed by atoms with Crippen molar-refractivity contribution in [3.63, 3.8) is 0 Å². The average molecular weight is 270 g/mol. The van der Waals surface area contributed by atoms with E-state index in [4.69, 9.17) is 0 Å². The fourth-order valence-electron chi connectivity index (χ4n) is 2.04. The number of hydrogen-bond acceptors (Lipinski definition) is 2. The van der Waals surface area contributed by atoms with Gasteiger partial charge in [-0.15, -0.1) is 0 Å². The molecule has 1 aromatic rings. The molecule has 0 unspecified atom stereocenters. The Kier molecular flexibility index (Phi) is 7.60. The topological polar surface area (TPSA) is 15.3 Å². The molecule has 0 atom stereocenters. The lowest BCUT2D eigenvalue weighted by Crippen LogP contribution is -2.27. The van der Waals surface area contributed by atoms with Crippen LogP contribution in [0.5, 0.6) is 0 Å². The predicted octanol–water partition coefficient (Wildman–Crippen LogP) is 3.45. The van der Waals surface area contributed by atoms with Crippen molar-refractivity contribution < 1.29 is 8.78 Å². The molecule has 0 aromatic heterocycles. The molecule has 4 heteroatoms. The highest BCUT2D eigenvalue weighted by Crippen LogP contribution is 2.19. The third-order valence-corrected chi connectivity index (χ3v) is 3.25. The lowest BCUT2D eigenvalue weighted by molar-refractivity contribution is 0.151. The molecular weight excluding hydrogens is 246 g/mol. The van der Waals surface area contributed by atoms with Crippen molar-refractivity contribution in [3.05, 3.63) is 35.4 Å². The Morgan fingerprint density at radius 2 is 1.95 bits per heavy atom. The molecule has 0 saturated heterocycles.